The molecule has 17 atom stereocenters. The number of rotatable bonds is 78. The van der Waals surface area contributed by atoms with Crippen molar-refractivity contribution < 1.29 is 89.4 Å². The van der Waals surface area contributed by atoms with Gasteiger partial charge in [0.2, 0.25) is 5.91 Å². The van der Waals surface area contributed by atoms with Gasteiger partial charge in [0, 0.05) is 6.42 Å². The van der Waals surface area contributed by atoms with Gasteiger partial charge in [-0.25, -0.2) is 0 Å². The summed E-state index contributed by atoms with van der Waals surface area (Å²) in [6.07, 6.45) is 67.6. The second-order valence-electron chi connectivity index (χ2n) is 33.8. The molecule has 3 aliphatic rings. The quantitative estimate of drug-likeness (QED) is 0.0199. The predicted molar refractivity (Wildman–Crippen MR) is 453 cm³/mol. The standard InChI is InChI=1S/C93H175NO18/c1-3-5-7-9-11-13-15-17-19-21-23-25-27-29-31-33-35-36-37-38-39-41-43-45-47-49-51-53-55-57-59-61-63-65-67-69-71-81(99)94-76(77(98)70-68-66-64-62-60-58-56-54-52-50-48-46-44-42-40-34-32-30-28-26-24-22-20-18-16-14-12-10-8-6-4-2)75-107-91-87(105)84(102)89(79(73-96)109-91)112-93-88(106)85(103)90(80(74-97)110-93)111-92-86(104)83(101)82(100)78(72-95)108-92/h52,54,60,62,68,70,76-80,82-93,95-98,100-106H,3-51,53,55-59,61,63-67,69,71-75H2,1-2H3,(H,94,99)/b54-52+,62-60+,70-68+. The summed E-state index contributed by atoms with van der Waals surface area (Å²) < 4.78 is 34.5. The lowest BCUT2D eigenvalue weighted by molar-refractivity contribution is -0.379. The van der Waals surface area contributed by atoms with Crippen LogP contribution in [0.15, 0.2) is 36.5 Å². The molecule has 19 heteroatoms. The molecule has 1 amide bonds. The van der Waals surface area contributed by atoms with E-state index in [1.54, 1.807) is 6.08 Å². The minimum absolute atomic E-state index is 0.237. The number of hydrogen-bond donors (Lipinski definition) is 12. The van der Waals surface area contributed by atoms with Gasteiger partial charge in [-0.05, 0) is 44.9 Å². The van der Waals surface area contributed by atoms with Crippen molar-refractivity contribution in [3.05, 3.63) is 36.5 Å². The number of ether oxygens (including phenoxy) is 6. The minimum atomic E-state index is -1.98. The number of unbranched alkanes of at least 4 members (excludes halogenated alkanes) is 58. The van der Waals surface area contributed by atoms with Gasteiger partial charge in [-0.2, -0.15) is 0 Å². The van der Waals surface area contributed by atoms with Gasteiger partial charge in [-0.1, -0.05) is 403 Å². The minimum Gasteiger partial charge on any atom is -0.394 e. The topological polar surface area (TPSA) is 307 Å². The monoisotopic (exact) mass is 1590 g/mol. The molecule has 3 saturated heterocycles. The van der Waals surface area contributed by atoms with Gasteiger partial charge in [0.15, 0.2) is 18.9 Å². The van der Waals surface area contributed by atoms with Crippen molar-refractivity contribution in [1.82, 2.24) is 5.32 Å². The molecule has 3 aliphatic heterocycles. The molecule has 0 aromatic rings. The molecule has 112 heavy (non-hydrogen) atoms. The Hall–Kier alpha value is -1.99. The highest BCUT2D eigenvalue weighted by Crippen LogP contribution is 2.34. The molecule has 0 bridgehead atoms. The van der Waals surface area contributed by atoms with Crippen LogP contribution >= 0.6 is 0 Å². The first-order valence-corrected chi connectivity index (χ1v) is 47.2. The van der Waals surface area contributed by atoms with E-state index < -0.39 is 124 Å². The summed E-state index contributed by atoms with van der Waals surface area (Å²) in [6.45, 7) is 1.79. The van der Waals surface area contributed by atoms with Gasteiger partial charge >= 0.3 is 0 Å². The van der Waals surface area contributed by atoms with Crippen molar-refractivity contribution in [3.8, 4) is 0 Å². The molecule has 0 saturated carbocycles. The van der Waals surface area contributed by atoms with Gasteiger partial charge in [-0.15, -0.1) is 0 Å². The Morgan fingerprint density at radius 1 is 0.312 bits per heavy atom. The molecule has 0 radical (unpaired) electrons. The molecule has 0 aromatic carbocycles. The van der Waals surface area contributed by atoms with Crippen molar-refractivity contribution in [2.75, 3.05) is 26.4 Å². The molecule has 19 nitrogen and oxygen atoms in total. The van der Waals surface area contributed by atoms with Crippen molar-refractivity contribution in [2.45, 2.75) is 523 Å². The van der Waals surface area contributed by atoms with E-state index in [2.05, 4.69) is 43.5 Å². The third-order valence-corrected chi connectivity index (χ3v) is 23.7. The zero-order valence-electron chi connectivity index (χ0n) is 71.4. The molecule has 17 unspecified atom stereocenters. The first-order chi connectivity index (χ1) is 54.8. The molecule has 0 spiro atoms. The van der Waals surface area contributed by atoms with Crippen molar-refractivity contribution in [2.24, 2.45) is 0 Å². The molecule has 3 rings (SSSR count). The molecule has 0 aliphatic carbocycles. The maximum atomic E-state index is 13.5. The second-order valence-corrected chi connectivity index (χ2v) is 33.8. The van der Waals surface area contributed by atoms with Crippen LogP contribution in [-0.2, 0) is 33.2 Å². The van der Waals surface area contributed by atoms with Crippen LogP contribution in [0.1, 0.15) is 418 Å². The Morgan fingerprint density at radius 2 is 0.571 bits per heavy atom. The van der Waals surface area contributed by atoms with E-state index in [9.17, 15) is 61.0 Å². The average Bonchev–Trinajstić information content (AvgIpc) is 0.781. The normalized spacial score (nSPS) is 25.0. The number of carbonyl (C=O) groups excluding carboxylic acids is 1. The van der Waals surface area contributed by atoms with Crippen LogP contribution in [0.3, 0.4) is 0 Å². The van der Waals surface area contributed by atoms with E-state index in [-0.39, 0.29) is 18.9 Å². The first-order valence-electron chi connectivity index (χ1n) is 47.2. The summed E-state index contributed by atoms with van der Waals surface area (Å²) in [5.74, 6) is -0.280. The number of aliphatic hydroxyl groups excluding tert-OH is 11. The van der Waals surface area contributed by atoms with Crippen LogP contribution in [-0.4, -0.2) is 193 Å². The van der Waals surface area contributed by atoms with E-state index in [0.717, 1.165) is 44.9 Å². The number of hydrogen-bond acceptors (Lipinski definition) is 18. The molecule has 0 aromatic heterocycles. The third-order valence-electron chi connectivity index (χ3n) is 23.7. The molecule has 3 heterocycles. The summed E-state index contributed by atoms with van der Waals surface area (Å²) in [7, 11) is 0. The van der Waals surface area contributed by atoms with Gasteiger partial charge in [-0.3, -0.25) is 4.79 Å². The highest BCUT2D eigenvalue weighted by atomic mass is 16.8. The summed E-state index contributed by atoms with van der Waals surface area (Å²) in [4.78, 5) is 13.5. The largest absolute Gasteiger partial charge is 0.394 e. The summed E-state index contributed by atoms with van der Waals surface area (Å²) in [5.41, 5.74) is 0. The Bertz CT molecular complexity index is 2160. The van der Waals surface area contributed by atoms with Crippen LogP contribution in [0.5, 0.6) is 0 Å². The zero-order valence-corrected chi connectivity index (χ0v) is 71.4. The lowest BCUT2D eigenvalue weighted by Gasteiger charge is -2.48. The van der Waals surface area contributed by atoms with Crippen LogP contribution in [0, 0.1) is 0 Å². The second kappa shape index (κ2) is 73.0. The Balaban J connectivity index is 1.32. The summed E-state index contributed by atoms with van der Waals surface area (Å²) in [5, 5.41) is 121. The molecule has 3 fully saturated rings. The number of aliphatic hydroxyl groups is 11. The lowest BCUT2D eigenvalue weighted by atomic mass is 9.96. The van der Waals surface area contributed by atoms with Crippen LogP contribution in [0.25, 0.3) is 0 Å². The van der Waals surface area contributed by atoms with E-state index in [0.29, 0.717) is 12.8 Å². The van der Waals surface area contributed by atoms with E-state index in [1.165, 1.54) is 340 Å². The van der Waals surface area contributed by atoms with Crippen molar-refractivity contribution >= 4 is 5.91 Å². The molecule has 12 N–H and O–H groups in total. The van der Waals surface area contributed by atoms with E-state index in [4.69, 9.17) is 28.4 Å². The number of allylic oxidation sites excluding steroid dienone is 5. The van der Waals surface area contributed by atoms with Gasteiger partial charge in [0.1, 0.15) is 73.2 Å². The van der Waals surface area contributed by atoms with Crippen LogP contribution in [0.4, 0.5) is 0 Å². The fourth-order valence-electron chi connectivity index (χ4n) is 16.2. The van der Waals surface area contributed by atoms with Crippen molar-refractivity contribution in [3.63, 3.8) is 0 Å². The maximum absolute atomic E-state index is 13.5. The van der Waals surface area contributed by atoms with Gasteiger partial charge in [0.25, 0.3) is 0 Å². The third kappa shape index (κ3) is 50.8. The van der Waals surface area contributed by atoms with Crippen LogP contribution < -0.4 is 5.32 Å². The van der Waals surface area contributed by atoms with Crippen molar-refractivity contribution in [1.29, 1.82) is 0 Å². The number of carbonyl (C=O) groups is 1. The Labute approximate surface area is 682 Å². The molecular formula is C93H175NO18. The molecular weight excluding hydrogens is 1420 g/mol. The highest BCUT2D eigenvalue weighted by Gasteiger charge is 2.54. The first kappa shape index (κ1) is 104. The fraction of sp³-hybridized carbons (Fsp3) is 0.925. The zero-order chi connectivity index (χ0) is 81.0. The summed E-state index contributed by atoms with van der Waals surface area (Å²) >= 11 is 0. The highest BCUT2D eigenvalue weighted by molar-refractivity contribution is 5.76. The van der Waals surface area contributed by atoms with Crippen LogP contribution in [0.2, 0.25) is 0 Å². The van der Waals surface area contributed by atoms with E-state index >= 15 is 0 Å². The summed E-state index contributed by atoms with van der Waals surface area (Å²) in [6, 6.07) is -0.997. The van der Waals surface area contributed by atoms with Gasteiger partial charge < -0.3 is 89.9 Å². The van der Waals surface area contributed by atoms with Gasteiger partial charge in [0.05, 0.1) is 38.6 Å². The Morgan fingerprint density at radius 3 is 0.893 bits per heavy atom. The van der Waals surface area contributed by atoms with E-state index in [1.807, 2.05) is 6.08 Å². The lowest BCUT2D eigenvalue weighted by Crippen LogP contribution is -2.66. The maximum Gasteiger partial charge on any atom is 0.220 e. The fourth-order valence-corrected chi connectivity index (χ4v) is 16.2. The SMILES string of the molecule is CCCCCCCCCCCCCCCCCCCCCCC/C=C/CC/C=C/CC/C=C/C(O)C(COC1OC(CO)C(OC2OC(CO)C(OC3OC(CO)C(O)C(O)C3O)C(O)C2O)C(O)C1O)NC(=O)CCCCCCCCCCCCCCCCCCCCCCCCCCCCCCCCCCCCCC. The predicted octanol–water partition coefficient (Wildman–Crippen LogP) is 18.6. The Kier molecular flexibility index (Phi) is 67.9. The number of amides is 1. The number of nitrogens with one attached hydrogen (secondary N) is 1. The average molecular weight is 1600 g/mol. The smallest absolute Gasteiger partial charge is 0.220 e. The molecule has 660 valence electrons.